The monoisotopic (exact) mass is 485 g/mol. The minimum Gasteiger partial charge on any atom is -0.351 e. The second-order valence-corrected chi connectivity index (χ2v) is 9.51. The zero-order valence-electron chi connectivity index (χ0n) is 19.3. The van der Waals surface area contributed by atoms with E-state index in [0.29, 0.717) is 30.5 Å². The van der Waals surface area contributed by atoms with E-state index in [-0.39, 0.29) is 42.0 Å². The number of rotatable bonds is 9. The number of hydrogen-bond acceptors (Lipinski definition) is 8. The quantitative estimate of drug-likeness (QED) is 0.211. The first kappa shape index (κ1) is 25.4. The smallest absolute Gasteiger partial charge is 0.243 e. The summed E-state index contributed by atoms with van der Waals surface area (Å²) in [5, 5.41) is 9.92. The fraction of sp³-hybridized carbons (Fsp3) is 0.714. The van der Waals surface area contributed by atoms with Crippen LogP contribution in [0.5, 0.6) is 0 Å². The number of hydroxylamine groups is 2. The lowest BCUT2D eigenvalue weighted by Crippen LogP contribution is -2.55. The van der Waals surface area contributed by atoms with Gasteiger partial charge in [0.2, 0.25) is 23.4 Å². The van der Waals surface area contributed by atoms with Crippen LogP contribution in [0.2, 0.25) is 5.28 Å². The maximum Gasteiger partial charge on any atom is 0.243 e. The highest BCUT2D eigenvalue weighted by molar-refractivity contribution is 6.28. The topological polar surface area (TPSA) is 114 Å². The van der Waals surface area contributed by atoms with Crippen molar-refractivity contribution in [3.63, 3.8) is 0 Å². The van der Waals surface area contributed by atoms with E-state index >= 15 is 4.39 Å². The molecule has 2 aliphatic rings. The first-order chi connectivity index (χ1) is 15.7. The Morgan fingerprint density at radius 1 is 1.30 bits per heavy atom. The van der Waals surface area contributed by atoms with E-state index in [0.717, 1.165) is 25.7 Å². The summed E-state index contributed by atoms with van der Waals surface area (Å²) in [5.41, 5.74) is 4.99. The molecule has 2 fully saturated rings. The van der Waals surface area contributed by atoms with Gasteiger partial charge in [0.05, 0.1) is 12.5 Å². The molecule has 1 saturated carbocycles. The Kier molecular flexibility index (Phi) is 8.66. The van der Waals surface area contributed by atoms with E-state index < -0.39 is 17.6 Å². The number of halogens is 2. The predicted octanol–water partition coefficient (Wildman–Crippen LogP) is 2.29. The number of nitrogens with zero attached hydrogens (tertiary/aromatic N) is 5. The number of anilines is 2. The van der Waals surface area contributed by atoms with E-state index in [1.807, 2.05) is 11.9 Å². The first-order valence-corrected chi connectivity index (χ1v) is 11.7. The van der Waals surface area contributed by atoms with Gasteiger partial charge in [0, 0.05) is 25.2 Å². The van der Waals surface area contributed by atoms with Crippen LogP contribution in [-0.2, 0) is 9.59 Å². The zero-order chi connectivity index (χ0) is 24.1. The lowest BCUT2D eigenvalue weighted by Gasteiger charge is -2.43. The molecule has 0 radical (unpaired) electrons. The number of nitrogens with one attached hydrogen (secondary N) is 2. The van der Waals surface area contributed by atoms with Crippen molar-refractivity contribution >= 4 is 35.6 Å². The highest BCUT2D eigenvalue weighted by Crippen LogP contribution is 2.31. The van der Waals surface area contributed by atoms with Crippen LogP contribution in [0.4, 0.5) is 16.0 Å². The highest BCUT2D eigenvalue weighted by atomic mass is 35.5. The maximum absolute atomic E-state index is 15.3. The van der Waals surface area contributed by atoms with Gasteiger partial charge in [-0.3, -0.25) is 30.5 Å². The van der Waals surface area contributed by atoms with Gasteiger partial charge in [-0.25, -0.2) is 5.06 Å². The lowest BCUT2D eigenvalue weighted by atomic mass is 9.92. The standard InChI is InChI=1S/C21H33ClFN7O3/c1-13-9-29(10-14(2)28(13)3)19-17(23)18(24-21(22)25-19)26-27-20(32)16(11-30(33)12-31)8-15-6-4-5-7-15/h12-16,33H,4-11H2,1-3H3,(H,27,32)(H,24,25,26)/t13-,14-,16-/m0/s1. The normalized spacial score (nSPS) is 22.8. The molecule has 1 aliphatic carbocycles. The molecule has 1 aliphatic heterocycles. The summed E-state index contributed by atoms with van der Waals surface area (Å²) >= 11 is 6.06. The molecule has 12 heteroatoms. The van der Waals surface area contributed by atoms with Gasteiger partial charge in [-0.15, -0.1) is 0 Å². The molecule has 3 atom stereocenters. The molecule has 3 N–H and O–H groups in total. The van der Waals surface area contributed by atoms with Gasteiger partial charge in [0.25, 0.3) is 0 Å². The number of hydrazine groups is 1. The van der Waals surface area contributed by atoms with Crippen molar-refractivity contribution in [1.82, 2.24) is 25.4 Å². The van der Waals surface area contributed by atoms with Gasteiger partial charge in [0.15, 0.2) is 11.6 Å². The van der Waals surface area contributed by atoms with Crippen LogP contribution < -0.4 is 15.8 Å². The number of piperazine rings is 1. The number of likely N-dealkylation sites (N-methyl/N-ethyl adjacent to an activating group) is 1. The van der Waals surface area contributed by atoms with Gasteiger partial charge < -0.3 is 4.90 Å². The zero-order valence-corrected chi connectivity index (χ0v) is 20.1. The number of amides is 2. The van der Waals surface area contributed by atoms with Crippen molar-refractivity contribution in [3.8, 4) is 0 Å². The second kappa shape index (κ2) is 11.3. The van der Waals surface area contributed by atoms with Gasteiger partial charge in [-0.2, -0.15) is 14.4 Å². The number of carbonyl (C=O) groups excluding carboxylic acids is 2. The minimum atomic E-state index is -0.715. The molecule has 1 aromatic rings. The first-order valence-electron chi connectivity index (χ1n) is 11.4. The van der Waals surface area contributed by atoms with E-state index in [9.17, 15) is 14.8 Å². The molecule has 184 valence electrons. The number of aromatic nitrogens is 2. The van der Waals surface area contributed by atoms with E-state index in [2.05, 4.69) is 39.6 Å². The molecule has 33 heavy (non-hydrogen) atoms. The third-order valence-corrected chi connectivity index (χ3v) is 6.93. The summed E-state index contributed by atoms with van der Waals surface area (Å²) in [7, 11) is 2.03. The molecule has 0 spiro atoms. The van der Waals surface area contributed by atoms with Crippen molar-refractivity contribution in [2.24, 2.45) is 11.8 Å². The SMILES string of the molecule is C[C@H]1CN(c2nc(Cl)nc(NNC(=O)[C@@H](CC3CCCC3)CN(O)C=O)c2F)C[C@H](C)N1C. The van der Waals surface area contributed by atoms with Crippen LogP contribution in [0.1, 0.15) is 46.0 Å². The fourth-order valence-electron chi connectivity index (χ4n) is 4.68. The highest BCUT2D eigenvalue weighted by Gasteiger charge is 2.31. The Morgan fingerprint density at radius 2 is 1.94 bits per heavy atom. The summed E-state index contributed by atoms with van der Waals surface area (Å²) in [4.78, 5) is 35.7. The summed E-state index contributed by atoms with van der Waals surface area (Å²) < 4.78 is 15.3. The average Bonchev–Trinajstić information content (AvgIpc) is 3.29. The van der Waals surface area contributed by atoms with Gasteiger partial charge >= 0.3 is 0 Å². The van der Waals surface area contributed by atoms with Gasteiger partial charge in [-0.1, -0.05) is 25.7 Å². The molecule has 2 amide bonds. The van der Waals surface area contributed by atoms with Crippen molar-refractivity contribution < 1.29 is 19.2 Å². The van der Waals surface area contributed by atoms with Crippen molar-refractivity contribution in [1.29, 1.82) is 0 Å². The maximum atomic E-state index is 15.3. The Hall–Kier alpha value is -2.24. The predicted molar refractivity (Wildman–Crippen MR) is 122 cm³/mol. The summed E-state index contributed by atoms with van der Waals surface area (Å²) in [6.07, 6.45) is 5.00. The van der Waals surface area contributed by atoms with E-state index in [4.69, 9.17) is 11.6 Å². The average molecular weight is 486 g/mol. The van der Waals surface area contributed by atoms with Crippen LogP contribution >= 0.6 is 11.6 Å². The molecule has 0 unspecified atom stereocenters. The molecule has 1 aromatic heterocycles. The number of hydrogen-bond donors (Lipinski definition) is 3. The van der Waals surface area contributed by atoms with Crippen molar-refractivity contribution in [2.75, 3.05) is 37.0 Å². The van der Waals surface area contributed by atoms with Crippen LogP contribution in [0.3, 0.4) is 0 Å². The van der Waals surface area contributed by atoms with E-state index in [1.54, 1.807) is 0 Å². The van der Waals surface area contributed by atoms with E-state index in [1.165, 1.54) is 0 Å². The van der Waals surface area contributed by atoms with Crippen LogP contribution in [0.25, 0.3) is 0 Å². The Morgan fingerprint density at radius 3 is 2.55 bits per heavy atom. The largest absolute Gasteiger partial charge is 0.351 e. The second-order valence-electron chi connectivity index (χ2n) is 9.17. The van der Waals surface area contributed by atoms with Crippen LogP contribution in [0, 0.1) is 17.7 Å². The molecule has 3 rings (SSSR count). The fourth-order valence-corrected chi connectivity index (χ4v) is 4.85. The molecular weight excluding hydrogens is 453 g/mol. The molecule has 10 nitrogen and oxygen atoms in total. The van der Waals surface area contributed by atoms with Crippen molar-refractivity contribution in [3.05, 3.63) is 11.1 Å². The van der Waals surface area contributed by atoms with Gasteiger partial charge in [0.1, 0.15) is 0 Å². The Labute approximate surface area is 198 Å². The molecule has 0 bridgehead atoms. The third kappa shape index (κ3) is 6.42. The van der Waals surface area contributed by atoms with Crippen LogP contribution in [0.15, 0.2) is 0 Å². The molecular formula is C21H33ClFN7O3. The van der Waals surface area contributed by atoms with Crippen molar-refractivity contribution in [2.45, 2.75) is 58.0 Å². The summed E-state index contributed by atoms with van der Waals surface area (Å²) in [6, 6.07) is 0.377. The Bertz CT molecular complexity index is 830. The molecule has 1 saturated heterocycles. The molecule has 0 aromatic carbocycles. The minimum absolute atomic E-state index is 0.0727. The summed E-state index contributed by atoms with van der Waals surface area (Å²) in [6.45, 7) is 5.09. The van der Waals surface area contributed by atoms with Gasteiger partial charge in [-0.05, 0) is 44.8 Å². The van der Waals surface area contributed by atoms with Crippen LogP contribution in [-0.4, -0.2) is 76.2 Å². The Balaban J connectivity index is 1.71. The number of carbonyl (C=O) groups is 2. The third-order valence-electron chi connectivity index (χ3n) is 6.76. The lowest BCUT2D eigenvalue weighted by molar-refractivity contribution is -0.154. The summed E-state index contributed by atoms with van der Waals surface area (Å²) in [5.74, 6) is -1.67. The molecule has 2 heterocycles.